The molecule has 1 aromatic carbocycles. The lowest BCUT2D eigenvalue weighted by atomic mass is 9.88. The molecule has 1 aliphatic carbocycles. The molecule has 3 aromatic rings. The average Bonchev–Trinajstić information content (AvgIpc) is 3.16. The number of alkyl halides is 2. The van der Waals surface area contributed by atoms with Gasteiger partial charge in [-0.1, -0.05) is 11.6 Å². The molecule has 5 nitrogen and oxygen atoms in total. The fourth-order valence-corrected chi connectivity index (χ4v) is 4.54. The third-order valence-electron chi connectivity index (χ3n) is 5.59. The van der Waals surface area contributed by atoms with E-state index in [-0.39, 0.29) is 16.1 Å². The first-order chi connectivity index (χ1) is 13.8. The topological polar surface area (TPSA) is 46.8 Å². The van der Waals surface area contributed by atoms with Crippen molar-refractivity contribution in [1.82, 2.24) is 14.5 Å². The Labute approximate surface area is 166 Å². The van der Waals surface area contributed by atoms with Gasteiger partial charge >= 0.3 is 6.61 Å². The number of fused-ring (bicyclic) bond motifs is 9. The summed E-state index contributed by atoms with van der Waals surface area (Å²) in [7, 11) is 1.56. The van der Waals surface area contributed by atoms with Crippen LogP contribution in [-0.2, 0) is 0 Å². The number of nitrogens with zero attached hydrogens (tertiary/aromatic N) is 3. The van der Waals surface area contributed by atoms with Gasteiger partial charge in [0.25, 0.3) is 5.91 Å². The van der Waals surface area contributed by atoms with Gasteiger partial charge in [-0.3, -0.25) is 4.79 Å². The van der Waals surface area contributed by atoms with E-state index in [2.05, 4.69) is 9.84 Å². The van der Waals surface area contributed by atoms with Crippen molar-refractivity contribution in [3.8, 4) is 5.75 Å². The van der Waals surface area contributed by atoms with Crippen LogP contribution in [0.3, 0.4) is 0 Å². The zero-order valence-corrected chi connectivity index (χ0v) is 15.6. The van der Waals surface area contributed by atoms with Crippen LogP contribution in [0.5, 0.6) is 5.75 Å². The molecule has 0 saturated heterocycles. The number of amides is 1. The van der Waals surface area contributed by atoms with E-state index in [1.165, 1.54) is 21.5 Å². The van der Waals surface area contributed by atoms with E-state index in [9.17, 15) is 22.4 Å². The second kappa shape index (κ2) is 6.09. The Morgan fingerprint density at radius 3 is 2.72 bits per heavy atom. The first kappa shape index (κ1) is 18.2. The lowest BCUT2D eigenvalue weighted by molar-refractivity contribution is -0.0529. The molecule has 2 unspecified atom stereocenters. The molecule has 2 aliphatic rings. The number of ether oxygens (including phenoxy) is 1. The van der Waals surface area contributed by atoms with Crippen LogP contribution in [0.25, 0.3) is 5.52 Å². The molecular formula is C19H12ClF4N3O2. The molecule has 29 heavy (non-hydrogen) atoms. The molecule has 3 heterocycles. The molecule has 2 aromatic heterocycles. The van der Waals surface area contributed by atoms with Gasteiger partial charge in [-0.15, -0.1) is 0 Å². The molecule has 2 bridgehead atoms. The van der Waals surface area contributed by atoms with Crippen LogP contribution in [0.15, 0.2) is 24.4 Å². The van der Waals surface area contributed by atoms with Gasteiger partial charge in [0.15, 0.2) is 17.4 Å². The van der Waals surface area contributed by atoms with Crippen molar-refractivity contribution in [2.45, 2.75) is 25.0 Å². The first-order valence-electron chi connectivity index (χ1n) is 8.69. The van der Waals surface area contributed by atoms with Crippen molar-refractivity contribution >= 4 is 23.0 Å². The Balaban J connectivity index is 1.85. The van der Waals surface area contributed by atoms with Gasteiger partial charge < -0.3 is 9.64 Å². The number of aromatic nitrogens is 2. The summed E-state index contributed by atoms with van der Waals surface area (Å²) in [5, 5.41) is 4.26. The number of hydrogen-bond acceptors (Lipinski definition) is 3. The van der Waals surface area contributed by atoms with E-state index in [1.807, 2.05) is 0 Å². The average molecular weight is 426 g/mol. The van der Waals surface area contributed by atoms with Crippen LogP contribution < -0.4 is 4.74 Å². The predicted molar refractivity (Wildman–Crippen MR) is 94.5 cm³/mol. The molecule has 1 aliphatic heterocycles. The van der Waals surface area contributed by atoms with Gasteiger partial charge in [-0.2, -0.15) is 13.9 Å². The van der Waals surface area contributed by atoms with E-state index in [0.29, 0.717) is 23.2 Å². The minimum Gasteiger partial charge on any atom is -0.431 e. The lowest BCUT2D eigenvalue weighted by Gasteiger charge is -2.24. The molecule has 0 radical (unpaired) electrons. The number of carbonyl (C=O) groups is 1. The zero-order valence-electron chi connectivity index (χ0n) is 14.8. The summed E-state index contributed by atoms with van der Waals surface area (Å²) in [6.07, 6.45) is 1.41. The van der Waals surface area contributed by atoms with Gasteiger partial charge in [0.05, 0.1) is 28.5 Å². The first-order valence-corrected chi connectivity index (χ1v) is 9.07. The summed E-state index contributed by atoms with van der Waals surface area (Å²) in [4.78, 5) is 14.4. The maximum Gasteiger partial charge on any atom is 0.387 e. The van der Waals surface area contributed by atoms with Crippen molar-refractivity contribution in [2.24, 2.45) is 0 Å². The Kier molecular flexibility index (Phi) is 3.83. The number of carbonyl (C=O) groups excluding carboxylic acids is 1. The zero-order chi connectivity index (χ0) is 20.6. The van der Waals surface area contributed by atoms with Gasteiger partial charge in [0, 0.05) is 29.7 Å². The predicted octanol–water partition coefficient (Wildman–Crippen LogP) is 4.53. The summed E-state index contributed by atoms with van der Waals surface area (Å²) in [5.74, 6) is -3.45. The fourth-order valence-electron chi connectivity index (χ4n) is 4.38. The number of rotatable bonds is 2. The van der Waals surface area contributed by atoms with Crippen LogP contribution in [0.1, 0.15) is 45.6 Å². The lowest BCUT2D eigenvalue weighted by Crippen LogP contribution is -2.30. The van der Waals surface area contributed by atoms with E-state index < -0.39 is 41.9 Å². The van der Waals surface area contributed by atoms with Crippen molar-refractivity contribution in [2.75, 3.05) is 7.05 Å². The highest BCUT2D eigenvalue weighted by Crippen LogP contribution is 2.54. The van der Waals surface area contributed by atoms with Crippen LogP contribution >= 0.6 is 11.6 Å². The molecule has 150 valence electrons. The maximum atomic E-state index is 14.5. The van der Waals surface area contributed by atoms with Crippen LogP contribution in [-0.4, -0.2) is 34.1 Å². The molecule has 0 N–H and O–H groups in total. The Morgan fingerprint density at radius 1 is 1.24 bits per heavy atom. The molecule has 0 spiro atoms. The maximum absolute atomic E-state index is 14.5. The quantitative estimate of drug-likeness (QED) is 0.567. The van der Waals surface area contributed by atoms with E-state index in [1.54, 1.807) is 7.05 Å². The monoisotopic (exact) mass is 425 g/mol. The number of halogens is 5. The SMILES string of the molecule is CN1C(=O)c2ccc(F)c(OC(F)F)c2C2CC1c1nn3cc(F)c(Cl)cc3c12. The highest BCUT2D eigenvalue weighted by atomic mass is 35.5. The standard InChI is InChI=1S/C19H12ClF4N3O2/c1-26-13-4-8(15-12-5-9(20)11(22)6-27(12)25-16(13)15)14-7(18(26)28)2-3-10(21)17(14)29-19(23)24/h2-3,5-6,8,13,19H,4H2,1H3. The summed E-state index contributed by atoms with van der Waals surface area (Å²) in [6.45, 7) is -3.27. The van der Waals surface area contributed by atoms with Crippen molar-refractivity contribution in [1.29, 1.82) is 0 Å². The van der Waals surface area contributed by atoms with Crippen LogP contribution in [0.2, 0.25) is 5.02 Å². The molecule has 2 atom stereocenters. The molecule has 1 amide bonds. The number of pyridine rings is 1. The Morgan fingerprint density at radius 2 is 2.00 bits per heavy atom. The molecular weight excluding hydrogens is 414 g/mol. The second-order valence-corrected chi connectivity index (χ2v) is 7.44. The molecule has 0 fully saturated rings. The molecule has 10 heteroatoms. The van der Waals surface area contributed by atoms with Crippen molar-refractivity contribution in [3.05, 3.63) is 63.4 Å². The Hall–Kier alpha value is -2.81. The van der Waals surface area contributed by atoms with Crippen LogP contribution in [0, 0.1) is 11.6 Å². The van der Waals surface area contributed by atoms with Gasteiger partial charge in [-0.25, -0.2) is 13.3 Å². The molecule has 0 saturated carbocycles. The Bertz CT molecular complexity index is 1200. The van der Waals surface area contributed by atoms with Crippen LogP contribution in [0.4, 0.5) is 17.6 Å². The highest BCUT2D eigenvalue weighted by Gasteiger charge is 2.46. The van der Waals surface area contributed by atoms with Gasteiger partial charge in [-0.05, 0) is 24.6 Å². The largest absolute Gasteiger partial charge is 0.431 e. The van der Waals surface area contributed by atoms with E-state index in [4.69, 9.17) is 11.6 Å². The molecule has 5 rings (SSSR count). The minimum absolute atomic E-state index is 0.0405. The summed E-state index contributed by atoms with van der Waals surface area (Å²) in [6, 6.07) is 3.10. The third-order valence-corrected chi connectivity index (χ3v) is 5.88. The fraction of sp³-hybridized carbons (Fsp3) is 0.263. The smallest absolute Gasteiger partial charge is 0.387 e. The van der Waals surface area contributed by atoms with Gasteiger partial charge in [0.1, 0.15) is 0 Å². The summed E-state index contributed by atoms with van der Waals surface area (Å²) in [5.41, 5.74) is 1.65. The van der Waals surface area contributed by atoms with Crippen molar-refractivity contribution < 1.29 is 27.1 Å². The minimum atomic E-state index is -3.27. The summed E-state index contributed by atoms with van der Waals surface area (Å²) >= 11 is 5.93. The van der Waals surface area contributed by atoms with E-state index >= 15 is 0 Å². The summed E-state index contributed by atoms with van der Waals surface area (Å²) < 4.78 is 60.2. The van der Waals surface area contributed by atoms with E-state index in [0.717, 1.165) is 12.3 Å². The second-order valence-electron chi connectivity index (χ2n) is 7.03. The van der Waals surface area contributed by atoms with Crippen molar-refractivity contribution in [3.63, 3.8) is 0 Å². The number of benzene rings is 1. The van der Waals surface area contributed by atoms with Gasteiger partial charge in [0.2, 0.25) is 0 Å². The number of hydrogen-bond donors (Lipinski definition) is 0. The highest BCUT2D eigenvalue weighted by molar-refractivity contribution is 6.31. The third kappa shape index (κ3) is 2.46. The normalized spacial score (nSPS) is 20.2.